The second-order valence-electron chi connectivity index (χ2n) is 1.80. The summed E-state index contributed by atoms with van der Waals surface area (Å²) in [6, 6.07) is 1.65. The van der Waals surface area contributed by atoms with Gasteiger partial charge in [-0.1, -0.05) is 0 Å². The number of amides is 1. The predicted molar refractivity (Wildman–Crippen MR) is 52.8 cm³/mol. The van der Waals surface area contributed by atoms with Gasteiger partial charge in [-0.2, -0.15) is 5.26 Å². The zero-order chi connectivity index (χ0) is 9.14. The smallest absolute Gasteiger partial charge is 0.266 e. The van der Waals surface area contributed by atoms with Gasteiger partial charge in [-0.3, -0.25) is 10.1 Å². The van der Waals surface area contributed by atoms with Gasteiger partial charge in [-0.05, 0) is 37.9 Å². The van der Waals surface area contributed by atoms with Crippen LogP contribution in [0.25, 0.3) is 0 Å². The van der Waals surface area contributed by atoms with E-state index in [1.165, 1.54) is 11.3 Å². The van der Waals surface area contributed by atoms with E-state index in [1.807, 2.05) is 5.32 Å². The van der Waals surface area contributed by atoms with Gasteiger partial charge in [0.1, 0.15) is 0 Å². The molecule has 1 rings (SSSR count). The lowest BCUT2D eigenvalue weighted by atomic mass is 10.3. The minimum atomic E-state index is -0.397. The molecule has 0 aromatic carbocycles. The van der Waals surface area contributed by atoms with E-state index in [9.17, 15) is 4.79 Å². The van der Waals surface area contributed by atoms with Gasteiger partial charge in [-0.15, -0.1) is 11.3 Å². The summed E-state index contributed by atoms with van der Waals surface area (Å²) in [5, 5.41) is 10.2. The first-order valence-electron chi connectivity index (χ1n) is 2.79. The summed E-state index contributed by atoms with van der Waals surface area (Å²) in [7, 11) is 0. The molecule has 0 spiro atoms. The lowest BCUT2D eigenvalue weighted by molar-refractivity contribution is 0.0972. The summed E-state index contributed by atoms with van der Waals surface area (Å²) in [5.41, 5.74) is 0.466. The van der Waals surface area contributed by atoms with Gasteiger partial charge in [0.15, 0.2) is 6.19 Å². The van der Waals surface area contributed by atoms with Crippen molar-refractivity contribution in [3.05, 3.63) is 19.2 Å². The fraction of sp³-hybridized carbons (Fsp3) is 0. The third-order valence-corrected chi connectivity index (χ3v) is 3.41. The van der Waals surface area contributed by atoms with E-state index in [-0.39, 0.29) is 0 Å². The van der Waals surface area contributed by atoms with Crippen LogP contribution in [0.4, 0.5) is 0 Å². The number of hydrogen-bond donors (Lipinski definition) is 1. The van der Waals surface area contributed by atoms with E-state index in [1.54, 1.807) is 12.3 Å². The molecule has 1 heterocycles. The van der Waals surface area contributed by atoms with Crippen LogP contribution in [0.2, 0.25) is 0 Å². The quantitative estimate of drug-likeness (QED) is 0.640. The van der Waals surface area contributed by atoms with E-state index < -0.39 is 5.91 Å². The molecule has 0 saturated heterocycles. The average molecular weight is 310 g/mol. The lowest BCUT2D eigenvalue weighted by Crippen LogP contribution is -2.16. The maximum absolute atomic E-state index is 11.1. The molecule has 1 amide bonds. The Morgan fingerprint density at radius 2 is 2.33 bits per heavy atom. The highest BCUT2D eigenvalue weighted by atomic mass is 79.9. The van der Waals surface area contributed by atoms with Crippen LogP contribution in [0.5, 0.6) is 0 Å². The number of carbonyl (C=O) groups excluding carboxylic acids is 1. The number of thiophene rings is 1. The lowest BCUT2D eigenvalue weighted by Gasteiger charge is -1.91. The number of carbonyl (C=O) groups is 1. The molecule has 1 aromatic rings. The van der Waals surface area contributed by atoms with E-state index in [0.29, 0.717) is 9.35 Å². The van der Waals surface area contributed by atoms with Crippen LogP contribution in [0.1, 0.15) is 10.4 Å². The monoisotopic (exact) mass is 308 g/mol. The Balaban J connectivity index is 2.96. The van der Waals surface area contributed by atoms with Crippen LogP contribution in [0.3, 0.4) is 0 Å². The third kappa shape index (κ3) is 2.06. The van der Waals surface area contributed by atoms with Gasteiger partial charge in [0.05, 0.1) is 13.1 Å². The highest BCUT2D eigenvalue weighted by molar-refractivity contribution is 9.12. The summed E-state index contributed by atoms with van der Waals surface area (Å²) < 4.78 is 1.56. The third-order valence-electron chi connectivity index (χ3n) is 1.07. The van der Waals surface area contributed by atoms with Crippen molar-refractivity contribution in [3.63, 3.8) is 0 Å². The van der Waals surface area contributed by atoms with Gasteiger partial charge in [0.25, 0.3) is 5.91 Å². The predicted octanol–water partition coefficient (Wildman–Crippen LogP) is 2.48. The van der Waals surface area contributed by atoms with Crippen molar-refractivity contribution in [2.24, 2.45) is 0 Å². The van der Waals surface area contributed by atoms with Crippen molar-refractivity contribution in [2.45, 2.75) is 0 Å². The zero-order valence-corrected chi connectivity index (χ0v) is 9.59. The fourth-order valence-corrected chi connectivity index (χ4v) is 3.41. The summed E-state index contributed by atoms with van der Waals surface area (Å²) in [5.74, 6) is -0.397. The molecule has 0 unspecified atom stereocenters. The number of halogens is 2. The number of nitrogens with one attached hydrogen (secondary N) is 1. The Morgan fingerprint density at radius 1 is 1.67 bits per heavy atom. The minimum absolute atomic E-state index is 0.397. The van der Waals surface area contributed by atoms with E-state index in [2.05, 4.69) is 31.9 Å². The van der Waals surface area contributed by atoms with Gasteiger partial charge in [-0.25, -0.2) is 0 Å². The molecule has 0 radical (unpaired) electrons. The van der Waals surface area contributed by atoms with Crippen LogP contribution in [0.15, 0.2) is 13.6 Å². The van der Waals surface area contributed by atoms with Crippen molar-refractivity contribution in [1.29, 1.82) is 5.26 Å². The van der Waals surface area contributed by atoms with Gasteiger partial charge < -0.3 is 0 Å². The molecule has 6 heteroatoms. The fourth-order valence-electron chi connectivity index (χ4n) is 0.613. The first-order chi connectivity index (χ1) is 5.65. The summed E-state index contributed by atoms with van der Waals surface area (Å²) in [6.45, 7) is 0. The summed E-state index contributed by atoms with van der Waals surface area (Å²) in [6.07, 6.45) is 1.57. The van der Waals surface area contributed by atoms with E-state index in [4.69, 9.17) is 5.26 Å². The first kappa shape index (κ1) is 9.71. The summed E-state index contributed by atoms with van der Waals surface area (Å²) in [4.78, 5) is 11.1. The number of nitrogens with zero attached hydrogens (tertiary/aromatic N) is 1. The van der Waals surface area contributed by atoms with Crippen molar-refractivity contribution in [2.75, 3.05) is 0 Å². The van der Waals surface area contributed by atoms with Crippen LogP contribution in [-0.2, 0) is 0 Å². The summed E-state index contributed by atoms with van der Waals surface area (Å²) >= 11 is 7.82. The zero-order valence-electron chi connectivity index (χ0n) is 5.60. The largest absolute Gasteiger partial charge is 0.268 e. The van der Waals surface area contributed by atoms with Crippen LogP contribution >= 0.6 is 43.2 Å². The molecule has 12 heavy (non-hydrogen) atoms. The maximum atomic E-state index is 11.1. The Kier molecular flexibility index (Phi) is 3.26. The van der Waals surface area contributed by atoms with E-state index >= 15 is 0 Å². The molecule has 0 saturated carbocycles. The molecule has 1 N–H and O–H groups in total. The molecule has 62 valence electrons. The average Bonchev–Trinajstić information content (AvgIpc) is 2.30. The normalized spacial score (nSPS) is 9.08. The van der Waals surface area contributed by atoms with Crippen molar-refractivity contribution >= 4 is 49.1 Å². The van der Waals surface area contributed by atoms with Gasteiger partial charge in [0, 0.05) is 0 Å². The Labute approximate surface area is 89.6 Å². The molecule has 0 aliphatic heterocycles. The highest BCUT2D eigenvalue weighted by Crippen LogP contribution is 2.31. The number of nitriles is 1. The SMILES string of the molecule is N#CNC(=O)c1cc(Br)sc1Br. The second kappa shape index (κ2) is 4.03. The molecular formula is C6H2Br2N2OS. The molecular weight excluding hydrogens is 308 g/mol. The minimum Gasteiger partial charge on any atom is -0.268 e. The molecule has 1 aromatic heterocycles. The Hall–Kier alpha value is -0.380. The Morgan fingerprint density at radius 3 is 2.75 bits per heavy atom. The van der Waals surface area contributed by atoms with E-state index in [0.717, 1.165) is 3.79 Å². The molecule has 3 nitrogen and oxygen atoms in total. The van der Waals surface area contributed by atoms with Crippen molar-refractivity contribution < 1.29 is 4.79 Å². The standard InChI is InChI=1S/C6H2Br2N2OS/c7-4-1-3(5(8)12-4)6(11)10-2-9/h1H,(H,10,11). The van der Waals surface area contributed by atoms with Gasteiger partial charge in [0.2, 0.25) is 0 Å². The maximum Gasteiger partial charge on any atom is 0.266 e. The van der Waals surface area contributed by atoms with Crippen molar-refractivity contribution in [1.82, 2.24) is 5.32 Å². The topological polar surface area (TPSA) is 52.9 Å². The van der Waals surface area contributed by atoms with Crippen molar-refractivity contribution in [3.8, 4) is 6.19 Å². The van der Waals surface area contributed by atoms with Gasteiger partial charge >= 0.3 is 0 Å². The van der Waals surface area contributed by atoms with Crippen LogP contribution in [-0.4, -0.2) is 5.91 Å². The number of rotatable bonds is 1. The highest BCUT2D eigenvalue weighted by Gasteiger charge is 2.12. The first-order valence-corrected chi connectivity index (χ1v) is 5.19. The second-order valence-corrected chi connectivity index (χ2v) is 5.55. The van der Waals surface area contributed by atoms with Crippen LogP contribution < -0.4 is 5.32 Å². The molecule has 0 atom stereocenters. The number of hydrogen-bond acceptors (Lipinski definition) is 3. The molecule has 0 aliphatic rings. The molecule has 0 aliphatic carbocycles. The molecule has 0 bridgehead atoms. The molecule has 0 fully saturated rings. The van der Waals surface area contributed by atoms with Crippen LogP contribution in [0, 0.1) is 11.5 Å². The Bertz CT molecular complexity index is 355.